The van der Waals surface area contributed by atoms with Crippen molar-refractivity contribution >= 4 is 29.3 Å². The van der Waals surface area contributed by atoms with Crippen molar-refractivity contribution < 1.29 is 19.6 Å². The smallest absolute Gasteiger partial charge is 0.336 e. The van der Waals surface area contributed by atoms with Crippen molar-refractivity contribution in [1.82, 2.24) is 4.90 Å². The molecule has 1 aromatic heterocycles. The Kier molecular flexibility index (Phi) is 7.13. The van der Waals surface area contributed by atoms with Gasteiger partial charge in [-0.2, -0.15) is 0 Å². The predicted molar refractivity (Wildman–Crippen MR) is 116 cm³/mol. The van der Waals surface area contributed by atoms with Gasteiger partial charge in [-0.25, -0.2) is 4.79 Å². The van der Waals surface area contributed by atoms with E-state index in [-0.39, 0.29) is 24.1 Å². The topological polar surface area (TPSA) is 90.2 Å². The highest BCUT2D eigenvalue weighted by Crippen LogP contribution is 2.31. The summed E-state index contributed by atoms with van der Waals surface area (Å²) in [4.78, 5) is 25.7. The number of amides is 1. The van der Waals surface area contributed by atoms with Gasteiger partial charge in [0.05, 0.1) is 6.54 Å². The summed E-state index contributed by atoms with van der Waals surface area (Å²) in [6.45, 7) is 2.83. The second-order valence-corrected chi connectivity index (χ2v) is 7.38. The molecule has 2 aromatic carbocycles. The van der Waals surface area contributed by atoms with E-state index in [0.29, 0.717) is 24.1 Å². The van der Waals surface area contributed by atoms with Gasteiger partial charge in [-0.15, -0.1) is 12.4 Å². The molecule has 2 N–H and O–H groups in total. The number of hydrogen-bond acceptors (Lipinski definition) is 4. The van der Waals surface area contributed by atoms with E-state index < -0.39 is 5.63 Å². The Balaban J connectivity index is 0.00000256. The monoisotopic (exact) mass is 428 g/mol. The number of nitrogens with zero attached hydrogens (tertiary/aromatic N) is 1. The summed E-state index contributed by atoms with van der Waals surface area (Å²) in [6, 6.07) is 14.4. The molecule has 1 aliphatic rings. The molecule has 3 aromatic rings. The van der Waals surface area contributed by atoms with Gasteiger partial charge in [-0.3, -0.25) is 4.79 Å². The first-order valence-electron chi connectivity index (χ1n) is 10.0. The number of carbonyl (C=O) groups excluding carboxylic acids is 1. The molecule has 1 aliphatic heterocycles. The molecule has 0 atom stereocenters. The Hall–Kier alpha value is -2.83. The number of fused-ring (bicyclic) bond motifs is 1. The maximum absolute atomic E-state index is 12.5. The third kappa shape index (κ3) is 4.66. The first-order chi connectivity index (χ1) is 14.1. The fourth-order valence-corrected chi connectivity index (χ4v) is 3.93. The predicted octanol–water partition coefficient (Wildman–Crippen LogP) is 2.03. The van der Waals surface area contributed by atoms with Crippen LogP contribution in [0.3, 0.4) is 0 Å². The first kappa shape index (κ1) is 21.9. The minimum atomic E-state index is -0.462. The number of hydrogen-bond donors (Lipinski definition) is 1. The lowest BCUT2D eigenvalue weighted by Gasteiger charge is -2.17. The van der Waals surface area contributed by atoms with Gasteiger partial charge in [0.25, 0.3) is 0 Å². The summed E-state index contributed by atoms with van der Waals surface area (Å²) in [6.07, 6.45) is 2.47. The normalized spacial score (nSPS) is 13.6. The van der Waals surface area contributed by atoms with Crippen LogP contribution in [0.25, 0.3) is 22.1 Å². The summed E-state index contributed by atoms with van der Waals surface area (Å²) < 4.78 is 5.46. The van der Waals surface area contributed by atoms with Gasteiger partial charge < -0.3 is 19.7 Å². The van der Waals surface area contributed by atoms with Crippen molar-refractivity contribution in [2.45, 2.75) is 25.8 Å². The largest absolute Gasteiger partial charge is 0.872 e. The number of rotatable bonds is 7. The zero-order chi connectivity index (χ0) is 20.2. The Morgan fingerprint density at radius 2 is 1.90 bits per heavy atom. The third-order valence-corrected chi connectivity index (χ3v) is 5.41. The fourth-order valence-electron chi connectivity index (χ4n) is 3.93. The van der Waals surface area contributed by atoms with E-state index in [9.17, 15) is 14.7 Å². The van der Waals surface area contributed by atoms with E-state index in [2.05, 4.69) is 0 Å². The lowest BCUT2D eigenvalue weighted by atomic mass is 9.99. The Bertz CT molecular complexity index is 1080. The molecule has 0 radical (unpaired) electrons. The fraction of sp³-hybridized carbons (Fsp3) is 0.304. The van der Waals surface area contributed by atoms with E-state index in [1.807, 2.05) is 40.5 Å². The number of halogens is 1. The minimum absolute atomic E-state index is 0. The molecular weight excluding hydrogens is 404 g/mol. The molecule has 0 aliphatic carbocycles. The second-order valence-electron chi connectivity index (χ2n) is 7.38. The number of benzene rings is 2. The van der Waals surface area contributed by atoms with E-state index in [4.69, 9.17) is 4.42 Å². The van der Waals surface area contributed by atoms with Crippen molar-refractivity contribution in [3.05, 3.63) is 64.5 Å². The van der Waals surface area contributed by atoms with Crippen LogP contribution >= 0.6 is 12.4 Å². The molecule has 4 rings (SSSR count). The second kappa shape index (κ2) is 9.78. The maximum atomic E-state index is 12.5. The summed E-state index contributed by atoms with van der Waals surface area (Å²) in [5, 5.41) is 15.3. The van der Waals surface area contributed by atoms with Crippen LogP contribution in [0.1, 0.15) is 24.8 Å². The van der Waals surface area contributed by atoms with Crippen LogP contribution in [0.4, 0.5) is 0 Å². The average molecular weight is 429 g/mol. The maximum Gasteiger partial charge on any atom is 0.336 e. The van der Waals surface area contributed by atoms with Gasteiger partial charge in [0, 0.05) is 42.9 Å². The molecule has 30 heavy (non-hydrogen) atoms. The minimum Gasteiger partial charge on any atom is -0.872 e. The highest BCUT2D eigenvalue weighted by Gasteiger charge is 2.19. The van der Waals surface area contributed by atoms with Gasteiger partial charge in [-0.05, 0) is 17.5 Å². The molecule has 6 nitrogen and oxygen atoms in total. The van der Waals surface area contributed by atoms with E-state index in [1.165, 1.54) is 6.07 Å². The Morgan fingerprint density at radius 3 is 2.63 bits per heavy atom. The van der Waals surface area contributed by atoms with E-state index in [0.717, 1.165) is 49.0 Å². The van der Waals surface area contributed by atoms with Gasteiger partial charge in [-0.1, -0.05) is 48.2 Å². The lowest BCUT2D eigenvalue weighted by molar-refractivity contribution is -0.671. The zero-order valence-corrected chi connectivity index (χ0v) is 17.5. The SMILES string of the molecule is Cl.O=C1CCCN1CCC[NH2+]Cc1c([O-])ccc2c(-c3ccccc3)cc(=O)oc12. The van der Waals surface area contributed by atoms with E-state index >= 15 is 0 Å². The molecular formula is C23H25ClN2O4. The van der Waals surface area contributed by atoms with Crippen LogP contribution in [0.5, 0.6) is 5.75 Å². The van der Waals surface area contributed by atoms with Crippen molar-refractivity contribution in [1.29, 1.82) is 0 Å². The molecule has 7 heteroatoms. The van der Waals surface area contributed by atoms with Gasteiger partial charge in [0.15, 0.2) is 0 Å². The van der Waals surface area contributed by atoms with Crippen LogP contribution < -0.4 is 16.0 Å². The van der Waals surface area contributed by atoms with Crippen molar-refractivity contribution in [3.63, 3.8) is 0 Å². The zero-order valence-electron chi connectivity index (χ0n) is 16.6. The number of carbonyl (C=O) groups is 1. The van der Waals surface area contributed by atoms with Crippen molar-refractivity contribution in [3.8, 4) is 16.9 Å². The third-order valence-electron chi connectivity index (χ3n) is 5.41. The first-order valence-corrected chi connectivity index (χ1v) is 10.0. The van der Waals surface area contributed by atoms with Crippen LogP contribution in [0, 0.1) is 0 Å². The van der Waals surface area contributed by atoms with Crippen LogP contribution in [-0.4, -0.2) is 30.4 Å². The van der Waals surface area contributed by atoms with Gasteiger partial charge >= 0.3 is 5.63 Å². The van der Waals surface area contributed by atoms with Gasteiger partial charge in [0.2, 0.25) is 5.91 Å². The van der Waals surface area contributed by atoms with Gasteiger partial charge in [0.1, 0.15) is 12.1 Å². The lowest BCUT2D eigenvalue weighted by Crippen LogP contribution is -2.82. The standard InChI is InChI=1S/C23H24N2O4.ClH/c26-20-10-9-17-18(16-6-2-1-3-7-16)14-22(28)29-23(17)19(20)15-24-11-5-13-25-12-4-8-21(25)27;/h1-3,6-7,9-10,14,24,26H,4-5,8,11-13,15H2;1H. The number of nitrogens with two attached hydrogens (primary N) is 1. The molecule has 0 spiro atoms. The van der Waals surface area contributed by atoms with E-state index in [1.54, 1.807) is 12.1 Å². The summed E-state index contributed by atoms with van der Waals surface area (Å²) in [7, 11) is 0. The highest BCUT2D eigenvalue weighted by atomic mass is 35.5. The molecule has 1 saturated heterocycles. The van der Waals surface area contributed by atoms with Crippen LogP contribution in [-0.2, 0) is 11.3 Å². The van der Waals surface area contributed by atoms with Crippen LogP contribution in [0.15, 0.2) is 57.7 Å². The number of quaternary nitrogens is 1. The summed E-state index contributed by atoms with van der Waals surface area (Å²) >= 11 is 0. The molecule has 2 heterocycles. The average Bonchev–Trinajstić information content (AvgIpc) is 3.14. The highest BCUT2D eigenvalue weighted by molar-refractivity contribution is 5.95. The Labute approximate surface area is 180 Å². The molecule has 0 saturated carbocycles. The quantitative estimate of drug-likeness (QED) is 0.460. The molecule has 1 amide bonds. The number of likely N-dealkylation sites (tertiary alicyclic amines) is 1. The summed E-state index contributed by atoms with van der Waals surface area (Å²) in [5.74, 6) is 0.105. The Morgan fingerprint density at radius 1 is 1.10 bits per heavy atom. The van der Waals surface area contributed by atoms with Crippen molar-refractivity contribution in [2.24, 2.45) is 0 Å². The molecule has 0 unspecified atom stereocenters. The van der Waals surface area contributed by atoms with Crippen LogP contribution in [0.2, 0.25) is 0 Å². The summed E-state index contributed by atoms with van der Waals surface area (Å²) in [5.41, 5.74) is 2.10. The van der Waals surface area contributed by atoms with Crippen molar-refractivity contribution in [2.75, 3.05) is 19.6 Å². The molecule has 158 valence electrons. The molecule has 1 fully saturated rings. The molecule has 0 bridgehead atoms.